The zero-order chi connectivity index (χ0) is 13.4. The number of aliphatic carboxylic acids is 1. The molecule has 2 rings (SSSR count). The van der Waals surface area contributed by atoms with Crippen molar-refractivity contribution in [3.63, 3.8) is 0 Å². The van der Waals surface area contributed by atoms with Crippen LogP contribution in [0.25, 0.3) is 0 Å². The van der Waals surface area contributed by atoms with Crippen LogP contribution in [0.15, 0.2) is 10.5 Å². The summed E-state index contributed by atoms with van der Waals surface area (Å²) in [6, 6.07) is 2.38. The number of furan rings is 1. The van der Waals surface area contributed by atoms with Crippen molar-refractivity contribution in [3.05, 3.63) is 23.2 Å². The van der Waals surface area contributed by atoms with Gasteiger partial charge in [0.1, 0.15) is 11.5 Å². The Kier molecular flexibility index (Phi) is 3.48. The minimum absolute atomic E-state index is 0.249. The zero-order valence-corrected chi connectivity index (χ0v) is 11.4. The monoisotopic (exact) mass is 251 g/mol. The van der Waals surface area contributed by atoms with E-state index in [1.807, 2.05) is 13.8 Å². The average molecular weight is 251 g/mol. The SMILES string of the molecule is Cc1cc(C(C)N2CC(C(C)C(=O)O)C2)c(C)o1. The van der Waals surface area contributed by atoms with Gasteiger partial charge in [0.15, 0.2) is 0 Å². The Morgan fingerprint density at radius 2 is 2.06 bits per heavy atom. The van der Waals surface area contributed by atoms with E-state index in [0.717, 1.165) is 24.6 Å². The summed E-state index contributed by atoms with van der Waals surface area (Å²) < 4.78 is 5.55. The van der Waals surface area contributed by atoms with Crippen molar-refractivity contribution >= 4 is 5.97 Å². The molecule has 2 unspecified atom stereocenters. The first kappa shape index (κ1) is 13.1. The number of carboxylic acids is 1. The first-order chi connectivity index (χ1) is 8.40. The molecule has 100 valence electrons. The van der Waals surface area contributed by atoms with Crippen LogP contribution in [0, 0.1) is 25.7 Å². The molecule has 0 aliphatic carbocycles. The molecule has 18 heavy (non-hydrogen) atoms. The number of hydrogen-bond acceptors (Lipinski definition) is 3. The largest absolute Gasteiger partial charge is 0.481 e. The van der Waals surface area contributed by atoms with E-state index >= 15 is 0 Å². The maximum atomic E-state index is 10.9. The van der Waals surface area contributed by atoms with Gasteiger partial charge >= 0.3 is 5.97 Å². The molecule has 0 radical (unpaired) electrons. The van der Waals surface area contributed by atoms with E-state index in [9.17, 15) is 4.79 Å². The van der Waals surface area contributed by atoms with Crippen molar-refractivity contribution in [2.24, 2.45) is 11.8 Å². The average Bonchev–Trinajstić information content (AvgIpc) is 2.55. The van der Waals surface area contributed by atoms with Gasteiger partial charge in [-0.3, -0.25) is 9.69 Å². The van der Waals surface area contributed by atoms with E-state index in [1.54, 1.807) is 6.92 Å². The van der Waals surface area contributed by atoms with Gasteiger partial charge in [-0.25, -0.2) is 0 Å². The molecule has 1 aromatic rings. The first-order valence-corrected chi connectivity index (χ1v) is 6.44. The Bertz CT molecular complexity index is 446. The third kappa shape index (κ3) is 2.29. The molecule has 1 fully saturated rings. The number of carbonyl (C=O) groups is 1. The predicted octanol–water partition coefficient (Wildman–Crippen LogP) is 2.61. The number of hydrogen-bond donors (Lipinski definition) is 1. The third-order valence-corrected chi connectivity index (χ3v) is 4.11. The smallest absolute Gasteiger partial charge is 0.306 e. The van der Waals surface area contributed by atoms with Crippen LogP contribution in [-0.2, 0) is 4.79 Å². The second-order valence-corrected chi connectivity index (χ2v) is 5.39. The van der Waals surface area contributed by atoms with E-state index in [-0.39, 0.29) is 11.8 Å². The third-order valence-electron chi connectivity index (χ3n) is 4.11. The Morgan fingerprint density at radius 1 is 1.44 bits per heavy atom. The molecule has 0 bridgehead atoms. The maximum Gasteiger partial charge on any atom is 0.306 e. The molecule has 1 aliphatic heterocycles. The lowest BCUT2D eigenvalue weighted by atomic mass is 9.85. The molecular formula is C14H21NO3. The second-order valence-electron chi connectivity index (χ2n) is 5.39. The number of nitrogens with zero attached hydrogens (tertiary/aromatic N) is 1. The summed E-state index contributed by atoms with van der Waals surface area (Å²) in [4.78, 5) is 13.2. The van der Waals surface area contributed by atoms with Gasteiger partial charge in [0.25, 0.3) is 0 Å². The highest BCUT2D eigenvalue weighted by molar-refractivity contribution is 5.70. The lowest BCUT2D eigenvalue weighted by molar-refractivity contribution is -0.146. The summed E-state index contributed by atoms with van der Waals surface area (Å²) in [5.41, 5.74) is 1.22. The highest BCUT2D eigenvalue weighted by Crippen LogP contribution is 2.34. The van der Waals surface area contributed by atoms with Crippen LogP contribution in [0.3, 0.4) is 0 Å². The molecule has 0 amide bonds. The molecule has 1 saturated heterocycles. The number of rotatable bonds is 4. The standard InChI is InChI=1S/C14H21NO3/c1-8-5-13(11(4)18-8)10(3)15-6-12(7-15)9(2)14(16)17/h5,9-10,12H,6-7H2,1-4H3,(H,16,17). The van der Waals surface area contributed by atoms with Crippen molar-refractivity contribution in [2.45, 2.75) is 33.7 Å². The molecule has 2 atom stereocenters. The molecule has 1 aliphatic rings. The fourth-order valence-electron chi connectivity index (χ4n) is 2.64. The molecule has 1 aromatic heterocycles. The Labute approximate surface area is 108 Å². The van der Waals surface area contributed by atoms with E-state index in [4.69, 9.17) is 9.52 Å². The number of aryl methyl sites for hydroxylation is 2. The molecule has 2 heterocycles. The van der Waals surface area contributed by atoms with Crippen molar-refractivity contribution in [1.29, 1.82) is 0 Å². The lowest BCUT2D eigenvalue weighted by Crippen LogP contribution is -2.51. The van der Waals surface area contributed by atoms with E-state index in [1.165, 1.54) is 5.56 Å². The Morgan fingerprint density at radius 3 is 2.50 bits per heavy atom. The Hall–Kier alpha value is -1.29. The quantitative estimate of drug-likeness (QED) is 0.893. The summed E-state index contributed by atoms with van der Waals surface area (Å²) in [6.45, 7) is 9.60. The Balaban J connectivity index is 1.96. The fraction of sp³-hybridized carbons (Fsp3) is 0.643. The molecule has 0 saturated carbocycles. The molecule has 4 nitrogen and oxygen atoms in total. The molecule has 1 N–H and O–H groups in total. The van der Waals surface area contributed by atoms with Crippen LogP contribution in [0.2, 0.25) is 0 Å². The summed E-state index contributed by atoms with van der Waals surface area (Å²) in [7, 11) is 0. The van der Waals surface area contributed by atoms with Gasteiger partial charge in [-0.15, -0.1) is 0 Å². The summed E-state index contributed by atoms with van der Waals surface area (Å²) >= 11 is 0. The van der Waals surface area contributed by atoms with E-state index < -0.39 is 5.97 Å². The number of carboxylic acid groups (broad SMARTS) is 1. The van der Waals surface area contributed by atoms with Gasteiger partial charge in [0, 0.05) is 24.7 Å². The van der Waals surface area contributed by atoms with Gasteiger partial charge in [-0.2, -0.15) is 0 Å². The predicted molar refractivity (Wildman–Crippen MR) is 68.5 cm³/mol. The van der Waals surface area contributed by atoms with Crippen LogP contribution >= 0.6 is 0 Å². The summed E-state index contributed by atoms with van der Waals surface area (Å²) in [6.07, 6.45) is 0. The zero-order valence-electron chi connectivity index (χ0n) is 11.4. The molecule has 0 aromatic carbocycles. The van der Waals surface area contributed by atoms with Crippen LogP contribution in [-0.4, -0.2) is 29.1 Å². The molecule has 4 heteroatoms. The second kappa shape index (κ2) is 4.76. The van der Waals surface area contributed by atoms with Crippen molar-refractivity contribution in [3.8, 4) is 0 Å². The van der Waals surface area contributed by atoms with Crippen LogP contribution < -0.4 is 0 Å². The normalized spacial score (nSPS) is 20.4. The molecular weight excluding hydrogens is 230 g/mol. The minimum Gasteiger partial charge on any atom is -0.481 e. The summed E-state index contributed by atoms with van der Waals surface area (Å²) in [5.74, 6) is 1.24. The van der Waals surface area contributed by atoms with E-state index in [2.05, 4.69) is 17.9 Å². The topological polar surface area (TPSA) is 53.7 Å². The van der Waals surface area contributed by atoms with Gasteiger partial charge in [0.05, 0.1) is 5.92 Å². The van der Waals surface area contributed by atoms with E-state index in [0.29, 0.717) is 6.04 Å². The van der Waals surface area contributed by atoms with Crippen molar-refractivity contribution in [1.82, 2.24) is 4.90 Å². The highest BCUT2D eigenvalue weighted by atomic mass is 16.4. The number of likely N-dealkylation sites (tertiary alicyclic amines) is 1. The lowest BCUT2D eigenvalue weighted by Gasteiger charge is -2.44. The van der Waals surface area contributed by atoms with Crippen LogP contribution in [0.5, 0.6) is 0 Å². The highest BCUT2D eigenvalue weighted by Gasteiger charge is 2.37. The van der Waals surface area contributed by atoms with Gasteiger partial charge in [-0.1, -0.05) is 6.92 Å². The minimum atomic E-state index is -0.692. The van der Waals surface area contributed by atoms with Crippen LogP contribution in [0.1, 0.15) is 37.0 Å². The summed E-state index contributed by atoms with van der Waals surface area (Å²) in [5, 5.41) is 8.97. The van der Waals surface area contributed by atoms with Crippen molar-refractivity contribution < 1.29 is 14.3 Å². The first-order valence-electron chi connectivity index (χ1n) is 6.44. The maximum absolute atomic E-state index is 10.9. The fourth-order valence-corrected chi connectivity index (χ4v) is 2.64. The molecule has 0 spiro atoms. The van der Waals surface area contributed by atoms with Crippen LogP contribution in [0.4, 0.5) is 0 Å². The van der Waals surface area contributed by atoms with Gasteiger partial charge in [-0.05, 0) is 32.8 Å². The van der Waals surface area contributed by atoms with Crippen molar-refractivity contribution in [2.75, 3.05) is 13.1 Å². The van der Waals surface area contributed by atoms with Gasteiger partial charge < -0.3 is 9.52 Å². The van der Waals surface area contributed by atoms with Gasteiger partial charge in [0.2, 0.25) is 0 Å².